The van der Waals surface area contributed by atoms with Gasteiger partial charge in [0.2, 0.25) is 0 Å². The summed E-state index contributed by atoms with van der Waals surface area (Å²) in [5, 5.41) is 10.8. The molecule has 3 N–H and O–H groups in total. The molecule has 0 heterocycles. The molecule has 0 atom stereocenters. The summed E-state index contributed by atoms with van der Waals surface area (Å²) >= 11 is 0. The third-order valence-electron chi connectivity index (χ3n) is 2.78. The number of nitrogen functional groups attached to an aromatic ring is 1. The molecule has 0 aliphatic heterocycles. The Morgan fingerprint density at radius 1 is 1.24 bits per heavy atom. The minimum atomic E-state index is -0.939. The van der Waals surface area contributed by atoms with E-state index in [-0.39, 0.29) is 0 Å². The molecule has 0 radical (unpaired) electrons. The molecule has 0 fully saturated rings. The summed E-state index contributed by atoms with van der Waals surface area (Å²) in [5.74, 6) is 0. The van der Waals surface area contributed by atoms with Crippen molar-refractivity contribution in [2.45, 2.75) is 6.54 Å². The fraction of sp³-hybridized carbons (Fsp3) is 0.154. The molecule has 1 amide bonds. The van der Waals surface area contributed by atoms with Crippen LogP contribution in [0.15, 0.2) is 36.4 Å². The third kappa shape index (κ3) is 2.15. The van der Waals surface area contributed by atoms with Gasteiger partial charge < -0.3 is 15.7 Å². The van der Waals surface area contributed by atoms with E-state index in [4.69, 9.17) is 10.8 Å². The number of carboxylic acid groups (broad SMARTS) is 1. The number of nitrogens with zero attached hydrogens (tertiary/aromatic N) is 1. The van der Waals surface area contributed by atoms with Crippen LogP contribution in [0.1, 0.15) is 5.56 Å². The van der Waals surface area contributed by atoms with E-state index in [0.717, 1.165) is 16.3 Å². The summed E-state index contributed by atoms with van der Waals surface area (Å²) in [4.78, 5) is 12.1. The third-order valence-corrected chi connectivity index (χ3v) is 2.78. The minimum absolute atomic E-state index is 0.357. The van der Waals surface area contributed by atoms with Gasteiger partial charge in [-0.2, -0.15) is 0 Å². The lowest BCUT2D eigenvalue weighted by Gasteiger charge is -2.15. The van der Waals surface area contributed by atoms with Gasteiger partial charge in [0.05, 0.1) is 0 Å². The van der Waals surface area contributed by atoms with Gasteiger partial charge in [0.15, 0.2) is 0 Å². The molecule has 0 spiro atoms. The Hall–Kier alpha value is -2.23. The molecule has 0 aromatic heterocycles. The van der Waals surface area contributed by atoms with Gasteiger partial charge in [0.1, 0.15) is 0 Å². The van der Waals surface area contributed by atoms with Crippen molar-refractivity contribution in [2.24, 2.45) is 0 Å². The van der Waals surface area contributed by atoms with Crippen molar-refractivity contribution in [1.29, 1.82) is 0 Å². The summed E-state index contributed by atoms with van der Waals surface area (Å²) in [6, 6.07) is 11.4. The Morgan fingerprint density at radius 2 is 1.88 bits per heavy atom. The van der Waals surface area contributed by atoms with E-state index >= 15 is 0 Å². The number of hydrogen-bond donors (Lipinski definition) is 2. The largest absolute Gasteiger partial charge is 0.465 e. The van der Waals surface area contributed by atoms with Crippen molar-refractivity contribution >= 4 is 22.6 Å². The Balaban J connectivity index is 2.48. The quantitative estimate of drug-likeness (QED) is 0.779. The lowest BCUT2D eigenvalue weighted by Crippen LogP contribution is -2.24. The highest BCUT2D eigenvalue weighted by molar-refractivity contribution is 5.95. The number of rotatable bonds is 2. The van der Waals surface area contributed by atoms with Crippen molar-refractivity contribution in [3.8, 4) is 0 Å². The van der Waals surface area contributed by atoms with Gasteiger partial charge in [-0.15, -0.1) is 0 Å². The second-order valence-corrected chi connectivity index (χ2v) is 4.00. The molecule has 2 aromatic rings. The Kier molecular flexibility index (Phi) is 2.87. The maximum Gasteiger partial charge on any atom is 0.407 e. The highest BCUT2D eigenvalue weighted by Crippen LogP contribution is 2.25. The predicted molar refractivity (Wildman–Crippen MR) is 67.9 cm³/mol. The van der Waals surface area contributed by atoms with Crippen LogP contribution in [0, 0.1) is 0 Å². The molecule has 88 valence electrons. The predicted octanol–water partition coefficient (Wildman–Crippen LogP) is 2.53. The fourth-order valence-electron chi connectivity index (χ4n) is 1.85. The van der Waals surface area contributed by atoms with E-state index in [0.29, 0.717) is 12.2 Å². The number of carbonyl (C=O) groups is 1. The number of anilines is 1. The molecule has 4 nitrogen and oxygen atoms in total. The van der Waals surface area contributed by atoms with Crippen LogP contribution in [0.4, 0.5) is 10.5 Å². The smallest absolute Gasteiger partial charge is 0.407 e. The first kappa shape index (κ1) is 11.3. The van der Waals surface area contributed by atoms with Crippen LogP contribution >= 0.6 is 0 Å². The van der Waals surface area contributed by atoms with Gasteiger partial charge in [-0.1, -0.05) is 30.3 Å². The highest BCUT2D eigenvalue weighted by Gasteiger charge is 2.09. The maximum atomic E-state index is 10.8. The molecule has 4 heteroatoms. The number of amides is 1. The molecule has 0 bridgehead atoms. The van der Waals surface area contributed by atoms with Crippen molar-refractivity contribution < 1.29 is 9.90 Å². The topological polar surface area (TPSA) is 66.6 Å². The van der Waals surface area contributed by atoms with Gasteiger partial charge in [-0.3, -0.25) is 0 Å². The average Bonchev–Trinajstić information content (AvgIpc) is 2.33. The zero-order valence-corrected chi connectivity index (χ0v) is 9.55. The van der Waals surface area contributed by atoms with Crippen LogP contribution in [0.5, 0.6) is 0 Å². The molecular formula is C13H14N2O2. The van der Waals surface area contributed by atoms with E-state index in [1.807, 2.05) is 36.4 Å². The van der Waals surface area contributed by atoms with Gasteiger partial charge in [-0.05, 0) is 17.0 Å². The monoisotopic (exact) mass is 230 g/mol. The summed E-state index contributed by atoms with van der Waals surface area (Å²) < 4.78 is 0. The second kappa shape index (κ2) is 4.33. The number of nitrogens with two attached hydrogens (primary N) is 1. The van der Waals surface area contributed by atoms with Crippen molar-refractivity contribution in [1.82, 2.24) is 4.90 Å². The first-order valence-electron chi connectivity index (χ1n) is 5.30. The van der Waals surface area contributed by atoms with Gasteiger partial charge in [0, 0.05) is 24.7 Å². The van der Waals surface area contributed by atoms with Crippen LogP contribution in [0.3, 0.4) is 0 Å². The Morgan fingerprint density at radius 3 is 2.53 bits per heavy atom. The SMILES string of the molecule is CN(Cc1ccc(N)c2ccccc12)C(=O)O. The van der Waals surface area contributed by atoms with Crippen molar-refractivity contribution in [3.63, 3.8) is 0 Å². The molecule has 0 aliphatic carbocycles. The maximum absolute atomic E-state index is 10.8. The van der Waals surface area contributed by atoms with Crippen LogP contribution < -0.4 is 5.73 Å². The van der Waals surface area contributed by atoms with E-state index in [1.54, 1.807) is 7.05 Å². The Bertz CT molecular complexity index is 566. The summed E-state index contributed by atoms with van der Waals surface area (Å²) in [6.45, 7) is 0.357. The molecule has 0 unspecified atom stereocenters. The Labute approximate surface area is 99.3 Å². The molecule has 2 rings (SSSR count). The summed E-state index contributed by atoms with van der Waals surface area (Å²) in [7, 11) is 1.55. The highest BCUT2D eigenvalue weighted by atomic mass is 16.4. The van der Waals surface area contributed by atoms with Crippen LogP contribution in [0.2, 0.25) is 0 Å². The first-order chi connectivity index (χ1) is 8.09. The zero-order valence-electron chi connectivity index (χ0n) is 9.55. The molecule has 0 saturated heterocycles. The number of benzene rings is 2. The lowest BCUT2D eigenvalue weighted by atomic mass is 10.0. The van der Waals surface area contributed by atoms with E-state index in [2.05, 4.69) is 0 Å². The zero-order chi connectivity index (χ0) is 12.4. The summed E-state index contributed by atoms with van der Waals surface area (Å²) in [6.07, 6.45) is -0.939. The van der Waals surface area contributed by atoms with Crippen LogP contribution in [0.25, 0.3) is 10.8 Å². The first-order valence-corrected chi connectivity index (χ1v) is 5.30. The van der Waals surface area contributed by atoms with E-state index < -0.39 is 6.09 Å². The molecular weight excluding hydrogens is 216 g/mol. The van der Waals surface area contributed by atoms with Crippen LogP contribution in [-0.4, -0.2) is 23.1 Å². The molecule has 17 heavy (non-hydrogen) atoms. The molecule has 0 aliphatic rings. The van der Waals surface area contributed by atoms with Gasteiger partial charge >= 0.3 is 6.09 Å². The average molecular weight is 230 g/mol. The van der Waals surface area contributed by atoms with Gasteiger partial charge in [0.25, 0.3) is 0 Å². The van der Waals surface area contributed by atoms with Gasteiger partial charge in [-0.25, -0.2) is 4.79 Å². The van der Waals surface area contributed by atoms with Crippen LogP contribution in [-0.2, 0) is 6.54 Å². The number of fused-ring (bicyclic) bond motifs is 1. The fourth-order valence-corrected chi connectivity index (χ4v) is 1.85. The number of hydrogen-bond acceptors (Lipinski definition) is 2. The van der Waals surface area contributed by atoms with Crippen molar-refractivity contribution in [2.75, 3.05) is 12.8 Å². The second-order valence-electron chi connectivity index (χ2n) is 4.00. The summed E-state index contributed by atoms with van der Waals surface area (Å²) in [5.41, 5.74) is 7.55. The normalized spacial score (nSPS) is 10.4. The van der Waals surface area contributed by atoms with E-state index in [9.17, 15) is 4.79 Å². The standard InChI is InChI=1S/C13H14N2O2/c1-15(13(16)17)8-9-6-7-12(14)11-5-3-2-4-10(9)11/h2-7H,8,14H2,1H3,(H,16,17). The molecule has 2 aromatic carbocycles. The minimum Gasteiger partial charge on any atom is -0.465 e. The van der Waals surface area contributed by atoms with E-state index in [1.165, 1.54) is 4.90 Å². The lowest BCUT2D eigenvalue weighted by molar-refractivity contribution is 0.154. The molecule has 0 saturated carbocycles. The van der Waals surface area contributed by atoms with Crippen molar-refractivity contribution in [3.05, 3.63) is 42.0 Å².